The van der Waals surface area contributed by atoms with Gasteiger partial charge in [-0.3, -0.25) is 9.59 Å². The third kappa shape index (κ3) is 4.07. The van der Waals surface area contributed by atoms with Crippen molar-refractivity contribution in [1.29, 1.82) is 0 Å². The Morgan fingerprint density at radius 2 is 1.72 bits per heavy atom. The molecule has 2 heterocycles. The van der Waals surface area contributed by atoms with E-state index in [2.05, 4.69) is 0 Å². The molecule has 1 aliphatic heterocycles. The minimum atomic E-state index is -0.316. The topological polar surface area (TPSA) is 45.6 Å². The maximum Gasteiger partial charge on any atom is 0.255 e. The molecule has 0 aliphatic carbocycles. The zero-order chi connectivity index (χ0) is 21.1. The fourth-order valence-corrected chi connectivity index (χ4v) is 4.28. The number of nitrogens with zero attached hydrogens (tertiary/aromatic N) is 3. The van der Waals surface area contributed by atoms with E-state index in [4.69, 9.17) is 0 Å². The Morgan fingerprint density at radius 3 is 2.31 bits per heavy atom. The van der Waals surface area contributed by atoms with Gasteiger partial charge in [0.05, 0.1) is 11.3 Å². The van der Waals surface area contributed by atoms with E-state index in [1.165, 1.54) is 6.07 Å². The zero-order valence-corrected chi connectivity index (χ0v) is 17.7. The summed E-state index contributed by atoms with van der Waals surface area (Å²) >= 11 is 0. The van der Waals surface area contributed by atoms with E-state index >= 15 is 0 Å². The molecule has 2 amide bonds. The van der Waals surface area contributed by atoms with Crippen molar-refractivity contribution < 1.29 is 14.0 Å². The summed E-state index contributed by atoms with van der Waals surface area (Å²) in [5, 5.41) is 0. The van der Waals surface area contributed by atoms with E-state index < -0.39 is 0 Å². The molecule has 1 fully saturated rings. The summed E-state index contributed by atoms with van der Waals surface area (Å²) in [5.74, 6) is -0.178. The molecule has 0 radical (unpaired) electrons. The summed E-state index contributed by atoms with van der Waals surface area (Å²) in [6.07, 6.45) is 1.38. The minimum Gasteiger partial charge on any atom is -0.343 e. The molecular formula is C23H30FN3O2. The molecule has 6 heteroatoms. The van der Waals surface area contributed by atoms with Gasteiger partial charge in [-0.25, -0.2) is 4.39 Å². The van der Waals surface area contributed by atoms with Gasteiger partial charge in [-0.2, -0.15) is 0 Å². The fourth-order valence-electron chi connectivity index (χ4n) is 4.28. The molecule has 0 saturated carbocycles. The monoisotopic (exact) mass is 399 g/mol. The van der Waals surface area contributed by atoms with Crippen LogP contribution in [0.15, 0.2) is 30.3 Å². The van der Waals surface area contributed by atoms with Crippen LogP contribution in [0.5, 0.6) is 0 Å². The number of hydrogen-bond acceptors (Lipinski definition) is 2. The number of rotatable bonds is 5. The summed E-state index contributed by atoms with van der Waals surface area (Å²) in [6, 6.07) is 8.41. The zero-order valence-electron chi connectivity index (χ0n) is 17.7. The van der Waals surface area contributed by atoms with Gasteiger partial charge in [0.25, 0.3) is 5.91 Å². The lowest BCUT2D eigenvalue weighted by atomic mass is 9.94. The maximum absolute atomic E-state index is 14.3. The number of benzene rings is 1. The summed E-state index contributed by atoms with van der Waals surface area (Å²) in [6.45, 7) is 10.3. The van der Waals surface area contributed by atoms with Crippen molar-refractivity contribution in [1.82, 2.24) is 14.4 Å². The molecule has 2 aromatic rings. The first-order valence-corrected chi connectivity index (χ1v) is 10.4. The van der Waals surface area contributed by atoms with Gasteiger partial charge in [0.1, 0.15) is 5.82 Å². The highest BCUT2D eigenvalue weighted by atomic mass is 19.1. The Labute approximate surface area is 172 Å². The first-order chi connectivity index (χ1) is 13.9. The molecule has 5 nitrogen and oxygen atoms in total. The molecular weight excluding hydrogens is 369 g/mol. The van der Waals surface area contributed by atoms with Gasteiger partial charge in [-0.15, -0.1) is 0 Å². The maximum atomic E-state index is 14.3. The number of aromatic nitrogens is 1. The van der Waals surface area contributed by atoms with Gasteiger partial charge in [-0.1, -0.05) is 12.1 Å². The largest absolute Gasteiger partial charge is 0.343 e. The highest BCUT2D eigenvalue weighted by Crippen LogP contribution is 2.26. The second-order valence-electron chi connectivity index (χ2n) is 7.65. The van der Waals surface area contributed by atoms with Gasteiger partial charge in [0.2, 0.25) is 5.91 Å². The smallest absolute Gasteiger partial charge is 0.255 e. The number of piperidine rings is 1. The summed E-state index contributed by atoms with van der Waals surface area (Å²) in [5.41, 5.74) is 2.60. The lowest BCUT2D eigenvalue weighted by Crippen LogP contribution is -2.44. The predicted octanol–water partition coefficient (Wildman–Crippen LogP) is 3.95. The van der Waals surface area contributed by atoms with Crippen LogP contribution in [0.25, 0.3) is 5.69 Å². The highest BCUT2D eigenvalue weighted by Gasteiger charge is 2.31. The predicted molar refractivity (Wildman–Crippen MR) is 112 cm³/mol. The third-order valence-electron chi connectivity index (χ3n) is 5.96. The number of carbonyl (C=O) groups is 2. The summed E-state index contributed by atoms with van der Waals surface area (Å²) in [4.78, 5) is 29.4. The van der Waals surface area contributed by atoms with E-state index in [1.54, 1.807) is 22.8 Å². The van der Waals surface area contributed by atoms with Crippen molar-refractivity contribution in [3.63, 3.8) is 0 Å². The van der Waals surface area contributed by atoms with Gasteiger partial charge in [-0.05, 0) is 58.7 Å². The van der Waals surface area contributed by atoms with E-state index in [9.17, 15) is 14.0 Å². The Hall–Kier alpha value is -2.63. The van der Waals surface area contributed by atoms with Crippen molar-refractivity contribution in [3.8, 4) is 5.69 Å². The number of halogens is 1. The Bertz CT molecular complexity index is 894. The Morgan fingerprint density at radius 1 is 1.10 bits per heavy atom. The van der Waals surface area contributed by atoms with Crippen LogP contribution in [0, 0.1) is 25.6 Å². The number of amides is 2. The molecule has 0 unspecified atom stereocenters. The van der Waals surface area contributed by atoms with Crippen LogP contribution in [-0.4, -0.2) is 52.4 Å². The summed E-state index contributed by atoms with van der Waals surface area (Å²) < 4.78 is 16.1. The van der Waals surface area contributed by atoms with Crippen LogP contribution < -0.4 is 0 Å². The third-order valence-corrected chi connectivity index (χ3v) is 5.96. The fraction of sp³-hybridized carbons (Fsp3) is 0.478. The van der Waals surface area contributed by atoms with Crippen molar-refractivity contribution in [2.45, 2.75) is 40.5 Å². The van der Waals surface area contributed by atoms with Gasteiger partial charge >= 0.3 is 0 Å². The SMILES string of the molecule is CCN(CC)C(=O)C1CCN(C(=O)c2cc(C)n(-c3ccccc3F)c2C)CC1. The van der Waals surface area contributed by atoms with E-state index in [0.29, 0.717) is 37.2 Å². The quantitative estimate of drug-likeness (QED) is 0.764. The van der Waals surface area contributed by atoms with Gasteiger partial charge in [0, 0.05) is 43.5 Å². The molecule has 1 saturated heterocycles. The average Bonchev–Trinajstić information content (AvgIpc) is 3.03. The molecule has 0 spiro atoms. The number of aryl methyl sites for hydroxylation is 1. The highest BCUT2D eigenvalue weighted by molar-refractivity contribution is 5.96. The van der Waals surface area contributed by atoms with Crippen LogP contribution in [0.4, 0.5) is 4.39 Å². The number of carbonyl (C=O) groups excluding carboxylic acids is 2. The molecule has 29 heavy (non-hydrogen) atoms. The Balaban J connectivity index is 1.75. The standard InChI is InChI=1S/C23H30FN3O2/c1-5-25(6-2)22(28)18-11-13-26(14-12-18)23(29)19-15-16(3)27(17(19)4)21-10-8-7-9-20(21)24/h7-10,15,18H,5-6,11-14H2,1-4H3. The molecule has 156 valence electrons. The second-order valence-corrected chi connectivity index (χ2v) is 7.65. The summed E-state index contributed by atoms with van der Waals surface area (Å²) in [7, 11) is 0. The van der Waals surface area contributed by atoms with Crippen molar-refractivity contribution in [2.24, 2.45) is 5.92 Å². The van der Waals surface area contributed by atoms with Crippen molar-refractivity contribution in [3.05, 3.63) is 53.1 Å². The molecule has 1 aliphatic rings. The molecule has 1 aromatic carbocycles. The van der Waals surface area contributed by atoms with Gasteiger partial charge < -0.3 is 14.4 Å². The van der Waals surface area contributed by atoms with Crippen LogP contribution in [0.1, 0.15) is 48.4 Å². The van der Waals surface area contributed by atoms with Gasteiger partial charge in [0.15, 0.2) is 0 Å². The van der Waals surface area contributed by atoms with Crippen molar-refractivity contribution in [2.75, 3.05) is 26.2 Å². The molecule has 0 atom stereocenters. The molecule has 0 bridgehead atoms. The minimum absolute atomic E-state index is 0.00945. The van der Waals surface area contributed by atoms with Crippen molar-refractivity contribution >= 4 is 11.8 Å². The lowest BCUT2D eigenvalue weighted by Gasteiger charge is -2.33. The molecule has 3 rings (SSSR count). The van der Waals surface area contributed by atoms with Crippen LogP contribution >= 0.6 is 0 Å². The number of likely N-dealkylation sites (tertiary alicyclic amines) is 1. The van der Waals surface area contributed by atoms with E-state index in [1.807, 2.05) is 43.6 Å². The first-order valence-electron chi connectivity index (χ1n) is 10.4. The van der Waals surface area contributed by atoms with Crippen LogP contribution in [-0.2, 0) is 4.79 Å². The lowest BCUT2D eigenvalue weighted by molar-refractivity contribution is -0.136. The first kappa shape index (κ1) is 21.1. The van der Waals surface area contributed by atoms with Crippen LogP contribution in [0.2, 0.25) is 0 Å². The Kier molecular flexibility index (Phi) is 6.40. The average molecular weight is 400 g/mol. The number of hydrogen-bond donors (Lipinski definition) is 0. The number of para-hydroxylation sites is 1. The molecule has 1 aromatic heterocycles. The normalized spacial score (nSPS) is 14.9. The van der Waals surface area contributed by atoms with E-state index in [-0.39, 0.29) is 23.5 Å². The van der Waals surface area contributed by atoms with Crippen LogP contribution in [0.3, 0.4) is 0 Å². The second kappa shape index (κ2) is 8.80. The van der Waals surface area contributed by atoms with E-state index in [0.717, 1.165) is 24.5 Å². The molecule has 0 N–H and O–H groups in total.